The van der Waals surface area contributed by atoms with Crippen LogP contribution in [0.1, 0.15) is 13.8 Å². The van der Waals surface area contributed by atoms with Crippen molar-refractivity contribution >= 4 is 22.3 Å². The molecule has 0 fully saturated rings. The van der Waals surface area contributed by atoms with Crippen molar-refractivity contribution in [3.05, 3.63) is 54.4 Å². The highest BCUT2D eigenvalue weighted by Crippen LogP contribution is 2.37. The van der Waals surface area contributed by atoms with Gasteiger partial charge in [0.05, 0.1) is 24.0 Å². The van der Waals surface area contributed by atoms with E-state index in [-0.39, 0.29) is 0 Å². The largest absolute Gasteiger partial charge is 0.497 e. The van der Waals surface area contributed by atoms with Gasteiger partial charge in [0, 0.05) is 41.1 Å². The van der Waals surface area contributed by atoms with Crippen molar-refractivity contribution in [2.75, 3.05) is 18.2 Å². The summed E-state index contributed by atoms with van der Waals surface area (Å²) in [5, 5.41) is 4.28. The lowest BCUT2D eigenvalue weighted by atomic mass is 10.1. The molecule has 130 valence electrons. The molecule has 5 N–H and O–H groups in total. The summed E-state index contributed by atoms with van der Waals surface area (Å²) in [6.45, 7) is 4.87. The van der Waals surface area contributed by atoms with Crippen molar-refractivity contribution in [3.63, 3.8) is 0 Å². The summed E-state index contributed by atoms with van der Waals surface area (Å²) in [5.41, 5.74) is 17.9. The van der Waals surface area contributed by atoms with Crippen molar-refractivity contribution in [2.24, 2.45) is 5.73 Å². The fraction of sp³-hybridized carbons (Fsp3) is 0.200. The zero-order valence-corrected chi connectivity index (χ0v) is 14.8. The van der Waals surface area contributed by atoms with Crippen LogP contribution in [0.4, 0.5) is 11.4 Å². The third-order valence-corrected chi connectivity index (χ3v) is 4.38. The first-order valence-electron chi connectivity index (χ1n) is 8.30. The SMILES string of the molecule is CCn1c(-c2ccc(N/C(C)=C/N)cc2)c(N)c2ccc(OC)cc21. The highest BCUT2D eigenvalue weighted by atomic mass is 16.5. The number of fused-ring (bicyclic) bond motifs is 1. The van der Waals surface area contributed by atoms with E-state index in [4.69, 9.17) is 16.2 Å². The summed E-state index contributed by atoms with van der Waals surface area (Å²) in [6.07, 6.45) is 1.55. The van der Waals surface area contributed by atoms with Gasteiger partial charge >= 0.3 is 0 Å². The number of aromatic nitrogens is 1. The fourth-order valence-electron chi connectivity index (χ4n) is 3.10. The second kappa shape index (κ2) is 6.81. The quantitative estimate of drug-likeness (QED) is 0.654. The number of ether oxygens (including phenoxy) is 1. The first-order valence-corrected chi connectivity index (χ1v) is 8.30. The molecule has 3 rings (SSSR count). The number of nitrogens with zero attached hydrogens (tertiary/aromatic N) is 1. The van der Waals surface area contributed by atoms with E-state index in [1.54, 1.807) is 13.3 Å². The molecule has 0 aliphatic heterocycles. The van der Waals surface area contributed by atoms with Gasteiger partial charge in [0.15, 0.2) is 0 Å². The van der Waals surface area contributed by atoms with Gasteiger partial charge < -0.3 is 26.1 Å². The molecule has 5 nitrogen and oxygen atoms in total. The number of hydrogen-bond acceptors (Lipinski definition) is 4. The Morgan fingerprint density at radius 3 is 2.52 bits per heavy atom. The van der Waals surface area contributed by atoms with E-state index in [1.165, 1.54) is 0 Å². The van der Waals surface area contributed by atoms with Gasteiger partial charge in [-0.1, -0.05) is 12.1 Å². The second-order valence-electron chi connectivity index (χ2n) is 5.94. The van der Waals surface area contributed by atoms with E-state index in [1.807, 2.05) is 37.3 Å². The first kappa shape index (κ1) is 16.8. The number of allylic oxidation sites excluding steroid dienone is 1. The van der Waals surface area contributed by atoms with E-state index in [9.17, 15) is 0 Å². The van der Waals surface area contributed by atoms with Crippen LogP contribution in [0.25, 0.3) is 22.2 Å². The van der Waals surface area contributed by atoms with E-state index in [2.05, 4.69) is 28.9 Å². The molecule has 0 unspecified atom stereocenters. The third-order valence-electron chi connectivity index (χ3n) is 4.38. The molecule has 0 atom stereocenters. The predicted molar refractivity (Wildman–Crippen MR) is 106 cm³/mol. The molecule has 1 heterocycles. The highest BCUT2D eigenvalue weighted by Gasteiger charge is 2.16. The minimum atomic E-state index is 0.790. The Labute approximate surface area is 147 Å². The molecule has 0 saturated heterocycles. The number of rotatable bonds is 5. The van der Waals surface area contributed by atoms with Gasteiger partial charge in [-0.15, -0.1) is 0 Å². The number of nitrogens with two attached hydrogens (primary N) is 2. The Morgan fingerprint density at radius 1 is 1.20 bits per heavy atom. The van der Waals surface area contributed by atoms with Crippen molar-refractivity contribution in [3.8, 4) is 17.0 Å². The molecular formula is C20H24N4O. The van der Waals surface area contributed by atoms with Crippen LogP contribution in [0.15, 0.2) is 54.4 Å². The van der Waals surface area contributed by atoms with Crippen molar-refractivity contribution in [1.82, 2.24) is 4.57 Å². The first-order chi connectivity index (χ1) is 12.1. The maximum absolute atomic E-state index is 6.48. The van der Waals surface area contributed by atoms with Gasteiger partial charge in [-0.05, 0) is 38.1 Å². The monoisotopic (exact) mass is 336 g/mol. The zero-order valence-electron chi connectivity index (χ0n) is 14.8. The van der Waals surface area contributed by atoms with E-state index < -0.39 is 0 Å². The second-order valence-corrected chi connectivity index (χ2v) is 5.94. The molecule has 0 saturated carbocycles. The Kier molecular flexibility index (Phi) is 4.57. The predicted octanol–water partition coefficient (Wildman–Crippen LogP) is 4.15. The summed E-state index contributed by atoms with van der Waals surface area (Å²) in [7, 11) is 1.67. The number of methoxy groups -OCH3 is 1. The van der Waals surface area contributed by atoms with Gasteiger partial charge in [-0.3, -0.25) is 0 Å². The third kappa shape index (κ3) is 3.01. The van der Waals surface area contributed by atoms with Gasteiger partial charge in [0.25, 0.3) is 0 Å². The van der Waals surface area contributed by atoms with Crippen LogP contribution in [0.2, 0.25) is 0 Å². The number of anilines is 2. The molecule has 0 amide bonds. The normalized spacial score (nSPS) is 11.7. The van der Waals surface area contributed by atoms with Gasteiger partial charge in [0.2, 0.25) is 0 Å². The Hall–Kier alpha value is -3.08. The topological polar surface area (TPSA) is 78.2 Å². The maximum Gasteiger partial charge on any atom is 0.120 e. The van der Waals surface area contributed by atoms with Crippen LogP contribution in [0.5, 0.6) is 5.75 Å². The number of nitrogens with one attached hydrogen (secondary N) is 1. The van der Waals surface area contributed by atoms with E-state index in [0.717, 1.165) is 51.5 Å². The van der Waals surface area contributed by atoms with Crippen LogP contribution in [-0.2, 0) is 6.54 Å². The lowest BCUT2D eigenvalue weighted by Gasteiger charge is -2.11. The number of aryl methyl sites for hydroxylation is 1. The molecule has 0 aliphatic carbocycles. The molecule has 0 spiro atoms. The van der Waals surface area contributed by atoms with Crippen LogP contribution >= 0.6 is 0 Å². The molecule has 3 aromatic rings. The molecule has 5 heteroatoms. The van der Waals surface area contributed by atoms with Gasteiger partial charge in [-0.25, -0.2) is 0 Å². The minimum absolute atomic E-state index is 0.790. The summed E-state index contributed by atoms with van der Waals surface area (Å²) >= 11 is 0. The highest BCUT2D eigenvalue weighted by molar-refractivity contribution is 6.01. The maximum atomic E-state index is 6.48. The summed E-state index contributed by atoms with van der Waals surface area (Å²) < 4.78 is 7.58. The number of benzene rings is 2. The molecule has 0 radical (unpaired) electrons. The summed E-state index contributed by atoms with van der Waals surface area (Å²) in [6, 6.07) is 14.2. The smallest absolute Gasteiger partial charge is 0.120 e. The Bertz CT molecular complexity index is 923. The molecule has 25 heavy (non-hydrogen) atoms. The van der Waals surface area contributed by atoms with Crippen molar-refractivity contribution in [2.45, 2.75) is 20.4 Å². The van der Waals surface area contributed by atoms with E-state index >= 15 is 0 Å². The fourth-order valence-corrected chi connectivity index (χ4v) is 3.10. The van der Waals surface area contributed by atoms with Crippen molar-refractivity contribution in [1.29, 1.82) is 0 Å². The summed E-state index contributed by atoms with van der Waals surface area (Å²) in [4.78, 5) is 0. The minimum Gasteiger partial charge on any atom is -0.497 e. The lowest BCUT2D eigenvalue weighted by molar-refractivity contribution is 0.415. The molecule has 0 bridgehead atoms. The molecular weight excluding hydrogens is 312 g/mol. The zero-order chi connectivity index (χ0) is 18.0. The average Bonchev–Trinajstić information content (AvgIpc) is 2.93. The number of nitrogen functional groups attached to an aromatic ring is 1. The van der Waals surface area contributed by atoms with E-state index in [0.29, 0.717) is 0 Å². The van der Waals surface area contributed by atoms with Gasteiger partial charge in [0.1, 0.15) is 5.75 Å². The van der Waals surface area contributed by atoms with Crippen molar-refractivity contribution < 1.29 is 4.74 Å². The van der Waals surface area contributed by atoms with Crippen LogP contribution < -0.4 is 21.5 Å². The molecule has 1 aromatic heterocycles. The average molecular weight is 336 g/mol. The standard InChI is InChI=1S/C20H24N4O/c1-4-24-18-11-16(25-3)9-10-17(18)19(22)20(24)14-5-7-15(8-6-14)23-13(2)12-21/h5-12,23H,4,21-22H2,1-3H3/b13-12+. The molecule has 0 aliphatic rings. The van der Waals surface area contributed by atoms with Crippen LogP contribution in [-0.4, -0.2) is 11.7 Å². The van der Waals surface area contributed by atoms with Crippen LogP contribution in [0, 0.1) is 0 Å². The molecule has 2 aromatic carbocycles. The lowest BCUT2D eigenvalue weighted by Crippen LogP contribution is -2.00. The van der Waals surface area contributed by atoms with Gasteiger partial charge in [-0.2, -0.15) is 0 Å². The number of hydrogen-bond donors (Lipinski definition) is 3. The van der Waals surface area contributed by atoms with Crippen LogP contribution in [0.3, 0.4) is 0 Å². The Balaban J connectivity index is 2.10. The summed E-state index contributed by atoms with van der Waals surface area (Å²) in [5.74, 6) is 0.829. The Morgan fingerprint density at radius 2 is 1.92 bits per heavy atom.